The van der Waals surface area contributed by atoms with Crippen molar-refractivity contribution in [1.29, 1.82) is 0 Å². The predicted octanol–water partition coefficient (Wildman–Crippen LogP) is 1.82. The second kappa shape index (κ2) is 6.41. The third-order valence-electron chi connectivity index (χ3n) is 4.20. The van der Waals surface area contributed by atoms with Crippen molar-refractivity contribution in [3.63, 3.8) is 0 Å². The van der Waals surface area contributed by atoms with E-state index >= 15 is 0 Å². The zero-order chi connectivity index (χ0) is 19.0. The van der Waals surface area contributed by atoms with Crippen LogP contribution in [-0.2, 0) is 0 Å². The molecule has 4 rings (SSSR count). The molecule has 0 saturated carbocycles. The highest BCUT2D eigenvalue weighted by atomic mass is 16.3. The minimum atomic E-state index is -0.770. The highest BCUT2D eigenvalue weighted by Crippen LogP contribution is 2.24. The van der Waals surface area contributed by atoms with E-state index in [2.05, 4.69) is 15.8 Å². The van der Waals surface area contributed by atoms with Crippen LogP contribution in [0.5, 0.6) is 0 Å². The summed E-state index contributed by atoms with van der Waals surface area (Å²) in [6.45, 7) is 1.75. The summed E-state index contributed by atoms with van der Waals surface area (Å²) in [6, 6.07) is 12.3. The number of hydrogen-bond donors (Lipinski definition) is 2. The van der Waals surface area contributed by atoms with Crippen molar-refractivity contribution in [3.05, 3.63) is 82.1 Å². The third-order valence-corrected chi connectivity index (χ3v) is 4.20. The van der Waals surface area contributed by atoms with E-state index in [-0.39, 0.29) is 11.3 Å². The maximum Gasteiger partial charge on any atom is 0.305 e. The number of rotatable bonds is 2. The second-order valence-corrected chi connectivity index (χ2v) is 5.87. The Labute approximate surface area is 152 Å². The van der Waals surface area contributed by atoms with Gasteiger partial charge in [0.05, 0.1) is 0 Å². The number of aromatic nitrogens is 2. The largest absolute Gasteiger partial charge is 0.451 e. The van der Waals surface area contributed by atoms with E-state index in [0.717, 1.165) is 5.39 Å². The molecule has 27 heavy (non-hydrogen) atoms. The van der Waals surface area contributed by atoms with Crippen molar-refractivity contribution in [2.24, 2.45) is 0 Å². The first-order valence-electron chi connectivity index (χ1n) is 8.11. The zero-order valence-electron chi connectivity index (χ0n) is 14.2. The average molecular weight is 362 g/mol. The number of nitrogens with one attached hydrogen (secondary N) is 2. The highest BCUT2D eigenvalue weighted by molar-refractivity contribution is 6.01. The molecular formula is C19H14N4O4. The summed E-state index contributed by atoms with van der Waals surface area (Å²) in [5, 5.41) is 0.811. The van der Waals surface area contributed by atoms with Crippen molar-refractivity contribution in [2.75, 3.05) is 0 Å². The van der Waals surface area contributed by atoms with E-state index in [4.69, 9.17) is 4.42 Å². The molecule has 4 aromatic rings. The van der Waals surface area contributed by atoms with Crippen LogP contribution in [-0.4, -0.2) is 21.2 Å². The number of hydrazine groups is 1. The number of carbonyl (C=O) groups is 2. The van der Waals surface area contributed by atoms with Crippen LogP contribution in [0.1, 0.15) is 26.5 Å². The normalized spacial score (nSPS) is 10.9. The van der Waals surface area contributed by atoms with E-state index in [1.165, 1.54) is 16.8 Å². The molecule has 0 radical (unpaired) electrons. The number of carbonyl (C=O) groups excluding carboxylic acids is 2. The molecule has 0 bridgehead atoms. The summed E-state index contributed by atoms with van der Waals surface area (Å²) in [7, 11) is 0. The number of nitrogens with zero attached hydrogens (tertiary/aromatic N) is 2. The molecule has 0 aliphatic carbocycles. The van der Waals surface area contributed by atoms with Gasteiger partial charge in [0.25, 0.3) is 11.5 Å². The molecule has 3 heterocycles. The molecule has 8 nitrogen and oxygen atoms in total. The Balaban J connectivity index is 1.55. The molecule has 0 atom stereocenters. The lowest BCUT2D eigenvalue weighted by Crippen LogP contribution is -2.43. The summed E-state index contributed by atoms with van der Waals surface area (Å²) in [5.74, 6) is -1.30. The van der Waals surface area contributed by atoms with Gasteiger partial charge in [-0.3, -0.25) is 29.6 Å². The van der Waals surface area contributed by atoms with Crippen molar-refractivity contribution in [3.8, 4) is 0 Å². The Kier molecular flexibility index (Phi) is 3.92. The summed E-state index contributed by atoms with van der Waals surface area (Å²) in [4.78, 5) is 41.1. The molecule has 0 aliphatic heterocycles. The van der Waals surface area contributed by atoms with Gasteiger partial charge >= 0.3 is 5.91 Å². The van der Waals surface area contributed by atoms with Crippen molar-refractivity contribution in [2.45, 2.75) is 6.92 Å². The van der Waals surface area contributed by atoms with Gasteiger partial charge in [0.2, 0.25) is 0 Å². The molecule has 0 aliphatic rings. The lowest BCUT2D eigenvalue weighted by atomic mass is 10.1. The van der Waals surface area contributed by atoms with Crippen LogP contribution in [0.2, 0.25) is 0 Å². The Bertz CT molecular complexity index is 1260. The van der Waals surface area contributed by atoms with Gasteiger partial charge in [0, 0.05) is 23.3 Å². The van der Waals surface area contributed by atoms with Crippen molar-refractivity contribution in [1.82, 2.24) is 20.2 Å². The van der Waals surface area contributed by atoms with Gasteiger partial charge in [0.1, 0.15) is 16.8 Å². The van der Waals surface area contributed by atoms with Gasteiger partial charge in [-0.1, -0.05) is 24.3 Å². The number of pyridine rings is 1. The smallest absolute Gasteiger partial charge is 0.305 e. The van der Waals surface area contributed by atoms with Gasteiger partial charge in [0.15, 0.2) is 5.76 Å². The fraction of sp³-hybridized carbons (Fsp3) is 0.0526. The van der Waals surface area contributed by atoms with E-state index in [1.807, 2.05) is 12.1 Å². The number of para-hydroxylation sites is 1. The SMILES string of the molecule is Cc1c(C(=O)NNC(=O)c2cnc3ccccn3c2=O)oc2ccccc12. The number of amides is 2. The van der Waals surface area contributed by atoms with Gasteiger partial charge in [-0.25, -0.2) is 4.98 Å². The van der Waals surface area contributed by atoms with Crippen molar-refractivity contribution < 1.29 is 14.0 Å². The first-order valence-corrected chi connectivity index (χ1v) is 8.11. The predicted molar refractivity (Wildman–Crippen MR) is 97.3 cm³/mol. The number of aryl methyl sites for hydroxylation is 1. The molecule has 2 N–H and O–H groups in total. The quantitative estimate of drug-likeness (QED) is 0.529. The lowest BCUT2D eigenvalue weighted by molar-refractivity contribution is 0.0830. The molecule has 3 aromatic heterocycles. The standard InChI is InChI=1S/C19H14N4O4/c1-11-12-6-2-3-7-14(12)27-16(11)18(25)22-21-17(24)13-10-20-15-8-4-5-9-23(15)19(13)26/h2-10H,1H3,(H,21,24)(H,22,25). The number of hydrogen-bond acceptors (Lipinski definition) is 5. The number of benzene rings is 1. The van der Waals surface area contributed by atoms with Crippen LogP contribution in [0.4, 0.5) is 0 Å². The summed E-state index contributed by atoms with van der Waals surface area (Å²) in [6.07, 6.45) is 2.68. The molecule has 0 unspecified atom stereocenters. The summed E-state index contributed by atoms with van der Waals surface area (Å²) in [5.41, 5.74) is 5.41. The summed E-state index contributed by atoms with van der Waals surface area (Å²) >= 11 is 0. The first kappa shape index (κ1) is 16.5. The Hall–Kier alpha value is -3.94. The minimum absolute atomic E-state index is 0.0878. The number of fused-ring (bicyclic) bond motifs is 2. The van der Waals surface area contributed by atoms with Crippen LogP contribution >= 0.6 is 0 Å². The van der Waals surface area contributed by atoms with Crippen LogP contribution in [0.3, 0.4) is 0 Å². The van der Waals surface area contributed by atoms with Gasteiger partial charge < -0.3 is 4.42 Å². The van der Waals surface area contributed by atoms with E-state index in [0.29, 0.717) is 16.8 Å². The van der Waals surface area contributed by atoms with E-state index in [9.17, 15) is 14.4 Å². The fourth-order valence-corrected chi connectivity index (χ4v) is 2.81. The van der Waals surface area contributed by atoms with E-state index in [1.54, 1.807) is 37.3 Å². The zero-order valence-corrected chi connectivity index (χ0v) is 14.2. The Morgan fingerprint density at radius 2 is 1.78 bits per heavy atom. The topological polar surface area (TPSA) is 106 Å². The van der Waals surface area contributed by atoms with Crippen LogP contribution in [0.25, 0.3) is 16.6 Å². The molecular weight excluding hydrogens is 348 g/mol. The number of furan rings is 1. The van der Waals surface area contributed by atoms with Crippen molar-refractivity contribution >= 4 is 28.4 Å². The van der Waals surface area contributed by atoms with Crippen LogP contribution < -0.4 is 16.4 Å². The molecule has 8 heteroatoms. The summed E-state index contributed by atoms with van der Waals surface area (Å²) < 4.78 is 6.79. The maximum atomic E-state index is 12.4. The Morgan fingerprint density at radius 1 is 1.04 bits per heavy atom. The van der Waals surface area contributed by atoms with E-state index < -0.39 is 17.4 Å². The molecule has 0 saturated heterocycles. The Morgan fingerprint density at radius 3 is 2.59 bits per heavy atom. The molecule has 2 amide bonds. The monoisotopic (exact) mass is 362 g/mol. The first-order chi connectivity index (χ1) is 13.1. The molecule has 0 spiro atoms. The molecule has 134 valence electrons. The fourth-order valence-electron chi connectivity index (χ4n) is 2.81. The third kappa shape index (κ3) is 2.82. The highest BCUT2D eigenvalue weighted by Gasteiger charge is 2.19. The molecule has 1 aromatic carbocycles. The van der Waals surface area contributed by atoms with Crippen LogP contribution in [0, 0.1) is 6.92 Å². The van der Waals surface area contributed by atoms with Crippen LogP contribution in [0.15, 0.2) is 64.1 Å². The minimum Gasteiger partial charge on any atom is -0.451 e. The van der Waals surface area contributed by atoms with Gasteiger partial charge in [-0.15, -0.1) is 0 Å². The maximum absolute atomic E-state index is 12.4. The second-order valence-electron chi connectivity index (χ2n) is 5.87. The van der Waals surface area contributed by atoms with Gasteiger partial charge in [-0.05, 0) is 25.1 Å². The lowest BCUT2D eigenvalue weighted by Gasteiger charge is -2.07. The molecule has 0 fully saturated rings. The van der Waals surface area contributed by atoms with Gasteiger partial charge in [-0.2, -0.15) is 0 Å². The average Bonchev–Trinajstić information content (AvgIpc) is 3.03.